The van der Waals surface area contributed by atoms with Crippen molar-refractivity contribution < 1.29 is 23.4 Å². The van der Waals surface area contributed by atoms with Crippen LogP contribution in [0.2, 0.25) is 5.02 Å². The molecule has 3 aromatic rings. The highest BCUT2D eigenvalue weighted by Gasteiger charge is 2.31. The van der Waals surface area contributed by atoms with Gasteiger partial charge in [0, 0.05) is 31.0 Å². The van der Waals surface area contributed by atoms with Crippen LogP contribution in [0.3, 0.4) is 0 Å². The van der Waals surface area contributed by atoms with Crippen molar-refractivity contribution in [1.29, 1.82) is 0 Å². The van der Waals surface area contributed by atoms with E-state index in [0.29, 0.717) is 54.0 Å². The molecule has 2 aromatic carbocycles. The molecule has 1 amide bonds. The summed E-state index contributed by atoms with van der Waals surface area (Å²) in [6, 6.07) is 8.93. The van der Waals surface area contributed by atoms with Crippen LogP contribution in [0.25, 0.3) is 21.9 Å². The fourth-order valence-corrected chi connectivity index (χ4v) is 4.28. The summed E-state index contributed by atoms with van der Waals surface area (Å²) in [6.45, 7) is 3.37. The van der Waals surface area contributed by atoms with E-state index in [4.69, 9.17) is 25.8 Å². The Labute approximate surface area is 195 Å². The van der Waals surface area contributed by atoms with Crippen molar-refractivity contribution in [2.45, 2.75) is 19.1 Å². The first kappa shape index (κ1) is 23.2. The van der Waals surface area contributed by atoms with E-state index in [1.54, 1.807) is 49.4 Å². The summed E-state index contributed by atoms with van der Waals surface area (Å²) in [4.78, 5) is 29.9. The summed E-state index contributed by atoms with van der Waals surface area (Å²) in [5.74, 6) is -0.242. The predicted octanol–water partition coefficient (Wildman–Crippen LogP) is 3.63. The second-order valence-corrected chi connectivity index (χ2v) is 8.25. The van der Waals surface area contributed by atoms with Gasteiger partial charge in [-0.2, -0.15) is 0 Å². The molecule has 174 valence electrons. The second kappa shape index (κ2) is 9.91. The van der Waals surface area contributed by atoms with Gasteiger partial charge in [0.25, 0.3) is 11.5 Å². The fraction of sp³-hybridized carbons (Fsp3) is 0.333. The number of aromatic nitrogens is 1. The van der Waals surface area contributed by atoms with Crippen LogP contribution < -0.4 is 10.3 Å². The maximum atomic E-state index is 13.5. The monoisotopic (exact) mass is 474 g/mol. The molecule has 4 rings (SSSR count). The lowest BCUT2D eigenvalue weighted by molar-refractivity contribution is -0.148. The number of benzene rings is 2. The van der Waals surface area contributed by atoms with Gasteiger partial charge in [0.05, 0.1) is 36.3 Å². The Morgan fingerprint density at radius 1 is 1.27 bits per heavy atom. The summed E-state index contributed by atoms with van der Waals surface area (Å²) in [7, 11) is 1.58. The van der Waals surface area contributed by atoms with Gasteiger partial charge in [-0.05, 0) is 48.7 Å². The highest BCUT2D eigenvalue weighted by molar-refractivity contribution is 6.33. The van der Waals surface area contributed by atoms with Crippen molar-refractivity contribution in [1.82, 2.24) is 9.88 Å². The Balaban J connectivity index is 1.61. The average Bonchev–Trinajstić information content (AvgIpc) is 2.80. The third-order valence-corrected chi connectivity index (χ3v) is 5.94. The maximum absolute atomic E-state index is 13.5. The van der Waals surface area contributed by atoms with E-state index in [-0.39, 0.29) is 22.5 Å². The summed E-state index contributed by atoms with van der Waals surface area (Å²) in [5.41, 5.74) is 0.929. The number of ether oxygens (including phenoxy) is 3. The zero-order valence-electron chi connectivity index (χ0n) is 18.3. The first-order chi connectivity index (χ1) is 15.9. The van der Waals surface area contributed by atoms with E-state index >= 15 is 0 Å². The molecule has 2 heterocycles. The zero-order valence-corrected chi connectivity index (χ0v) is 19.0. The SMILES string of the molecule is COC[C@@H]1COCCN1C(=O)C(C)Oc1ccc2c(-c3ccc(F)cc3Cl)c[nH]c(=O)c2c1. The summed E-state index contributed by atoms with van der Waals surface area (Å²) in [6.07, 6.45) is 0.777. The number of nitrogens with zero attached hydrogens (tertiary/aromatic N) is 1. The molecule has 0 aliphatic carbocycles. The van der Waals surface area contributed by atoms with Crippen LogP contribution in [-0.4, -0.2) is 61.4 Å². The molecule has 0 saturated carbocycles. The largest absolute Gasteiger partial charge is 0.481 e. The van der Waals surface area contributed by atoms with E-state index < -0.39 is 11.9 Å². The third kappa shape index (κ3) is 4.88. The van der Waals surface area contributed by atoms with Gasteiger partial charge >= 0.3 is 0 Å². The van der Waals surface area contributed by atoms with Crippen LogP contribution in [0.4, 0.5) is 4.39 Å². The molecule has 1 unspecified atom stereocenters. The Kier molecular flexibility index (Phi) is 6.97. The van der Waals surface area contributed by atoms with Gasteiger partial charge in [-0.3, -0.25) is 9.59 Å². The van der Waals surface area contributed by atoms with E-state index in [2.05, 4.69) is 4.98 Å². The zero-order chi connectivity index (χ0) is 23.5. The van der Waals surface area contributed by atoms with E-state index in [0.717, 1.165) is 0 Å². The van der Waals surface area contributed by atoms with Gasteiger partial charge in [0.15, 0.2) is 6.10 Å². The molecule has 1 saturated heterocycles. The van der Waals surface area contributed by atoms with Crippen LogP contribution in [0.15, 0.2) is 47.4 Å². The number of methoxy groups -OCH3 is 1. The van der Waals surface area contributed by atoms with Crippen LogP contribution in [-0.2, 0) is 14.3 Å². The highest BCUT2D eigenvalue weighted by atomic mass is 35.5. The predicted molar refractivity (Wildman–Crippen MR) is 123 cm³/mol. The highest BCUT2D eigenvalue weighted by Crippen LogP contribution is 2.33. The second-order valence-electron chi connectivity index (χ2n) is 7.84. The number of morpholine rings is 1. The number of hydrogen-bond donors (Lipinski definition) is 1. The average molecular weight is 475 g/mol. The van der Waals surface area contributed by atoms with E-state index in [1.165, 1.54) is 12.1 Å². The molecule has 1 aromatic heterocycles. The summed E-state index contributed by atoms with van der Waals surface area (Å²) in [5, 5.41) is 1.24. The molecule has 2 atom stereocenters. The number of amides is 1. The molecular weight excluding hydrogens is 451 g/mol. The normalized spacial score (nSPS) is 17.2. The van der Waals surface area contributed by atoms with Crippen molar-refractivity contribution in [3.63, 3.8) is 0 Å². The Hall–Kier alpha value is -2.94. The smallest absolute Gasteiger partial charge is 0.263 e. The third-order valence-electron chi connectivity index (χ3n) is 5.63. The standard InChI is InChI=1S/C24H24ClFN2O5/c1-14(24(30)28-7-8-32-13-16(28)12-31-2)33-17-4-6-18-20(10-17)23(29)27-11-21(18)19-5-3-15(26)9-22(19)25/h3-6,9-11,14,16H,7-8,12-13H2,1-2H3,(H,27,29)/t14?,16-/m1/s1. The van der Waals surface area contributed by atoms with E-state index in [9.17, 15) is 14.0 Å². The molecule has 1 fully saturated rings. The van der Waals surface area contributed by atoms with Gasteiger partial charge in [-0.25, -0.2) is 4.39 Å². The van der Waals surface area contributed by atoms with Crippen molar-refractivity contribution in [3.05, 3.63) is 63.8 Å². The number of carbonyl (C=O) groups excluding carboxylic acids is 1. The number of H-pyrrole nitrogens is 1. The van der Waals surface area contributed by atoms with Gasteiger partial charge in [0.1, 0.15) is 11.6 Å². The van der Waals surface area contributed by atoms with Crippen LogP contribution in [0.5, 0.6) is 5.75 Å². The van der Waals surface area contributed by atoms with E-state index in [1.807, 2.05) is 0 Å². The van der Waals surface area contributed by atoms with Gasteiger partial charge in [-0.1, -0.05) is 11.6 Å². The van der Waals surface area contributed by atoms with Gasteiger partial charge in [0.2, 0.25) is 0 Å². The minimum Gasteiger partial charge on any atom is -0.481 e. The van der Waals surface area contributed by atoms with Gasteiger partial charge in [-0.15, -0.1) is 0 Å². The number of nitrogens with one attached hydrogen (secondary N) is 1. The number of rotatable bonds is 6. The number of pyridine rings is 1. The Bertz CT molecular complexity index is 1230. The molecule has 9 heteroatoms. The molecule has 1 N–H and O–H groups in total. The molecule has 7 nitrogen and oxygen atoms in total. The minimum atomic E-state index is -0.770. The number of halogens is 2. The first-order valence-electron chi connectivity index (χ1n) is 10.5. The lowest BCUT2D eigenvalue weighted by Crippen LogP contribution is -2.54. The van der Waals surface area contributed by atoms with Crippen LogP contribution in [0, 0.1) is 5.82 Å². The summed E-state index contributed by atoms with van der Waals surface area (Å²) < 4.78 is 30.0. The van der Waals surface area contributed by atoms with Crippen molar-refractivity contribution in [3.8, 4) is 16.9 Å². The molecule has 33 heavy (non-hydrogen) atoms. The minimum absolute atomic E-state index is 0.176. The number of fused-ring (bicyclic) bond motifs is 1. The Morgan fingerprint density at radius 2 is 2.09 bits per heavy atom. The van der Waals surface area contributed by atoms with Gasteiger partial charge < -0.3 is 24.1 Å². The molecule has 1 aliphatic rings. The topological polar surface area (TPSA) is 80.9 Å². The maximum Gasteiger partial charge on any atom is 0.263 e. The molecule has 0 radical (unpaired) electrons. The fourth-order valence-electron chi connectivity index (χ4n) is 4.01. The number of hydrogen-bond acceptors (Lipinski definition) is 5. The van der Waals surface area contributed by atoms with Crippen molar-refractivity contribution >= 4 is 28.3 Å². The van der Waals surface area contributed by atoms with Crippen molar-refractivity contribution in [2.24, 2.45) is 0 Å². The molecular formula is C24H24ClFN2O5. The molecule has 0 bridgehead atoms. The lowest BCUT2D eigenvalue weighted by atomic mass is 10.0. The first-order valence-corrected chi connectivity index (χ1v) is 10.9. The molecule has 0 spiro atoms. The quantitative estimate of drug-likeness (QED) is 0.590. The molecule has 1 aliphatic heterocycles. The number of aromatic amines is 1. The van der Waals surface area contributed by atoms with Crippen molar-refractivity contribution in [2.75, 3.05) is 33.5 Å². The Morgan fingerprint density at radius 3 is 2.85 bits per heavy atom. The summed E-state index contributed by atoms with van der Waals surface area (Å²) >= 11 is 6.23. The number of carbonyl (C=O) groups is 1. The van der Waals surface area contributed by atoms with Crippen LogP contribution in [0.1, 0.15) is 6.92 Å². The lowest BCUT2D eigenvalue weighted by Gasteiger charge is -2.36. The van der Waals surface area contributed by atoms with Crippen LogP contribution >= 0.6 is 11.6 Å².